The van der Waals surface area contributed by atoms with Crippen LogP contribution < -0.4 is 5.43 Å². The molecule has 2 heterocycles. The van der Waals surface area contributed by atoms with Gasteiger partial charge in [-0.1, -0.05) is 18.2 Å². The van der Waals surface area contributed by atoms with Gasteiger partial charge in [0, 0.05) is 12.3 Å². The minimum Gasteiger partial charge on any atom is -0.463 e. The SMILES string of the molecule is O=c1c(-c2cc(F)ccn2)coc2ccc3c(c12)CCC=C3. The number of allylic oxidation sites excluding steroid dienone is 1. The van der Waals surface area contributed by atoms with Crippen molar-refractivity contribution in [3.8, 4) is 11.3 Å². The Hall–Kier alpha value is -2.75. The summed E-state index contributed by atoms with van der Waals surface area (Å²) in [6.45, 7) is 0. The van der Waals surface area contributed by atoms with E-state index in [-0.39, 0.29) is 11.0 Å². The van der Waals surface area contributed by atoms with Crippen LogP contribution in [0.5, 0.6) is 0 Å². The first-order valence-electron chi connectivity index (χ1n) is 7.10. The first-order chi connectivity index (χ1) is 10.7. The van der Waals surface area contributed by atoms with E-state index in [0.717, 1.165) is 24.0 Å². The van der Waals surface area contributed by atoms with Gasteiger partial charge in [0.05, 0.1) is 16.6 Å². The fourth-order valence-electron chi connectivity index (χ4n) is 2.89. The second-order valence-electron chi connectivity index (χ2n) is 5.29. The van der Waals surface area contributed by atoms with Crippen molar-refractivity contribution in [3.63, 3.8) is 0 Å². The van der Waals surface area contributed by atoms with Crippen LogP contribution in [-0.2, 0) is 6.42 Å². The highest BCUT2D eigenvalue weighted by molar-refractivity contribution is 5.87. The molecular formula is C18H12FNO2. The molecule has 108 valence electrons. The lowest BCUT2D eigenvalue weighted by Crippen LogP contribution is -2.10. The molecule has 0 saturated heterocycles. The fraction of sp³-hybridized carbons (Fsp3) is 0.111. The van der Waals surface area contributed by atoms with E-state index in [9.17, 15) is 9.18 Å². The van der Waals surface area contributed by atoms with E-state index < -0.39 is 5.82 Å². The Kier molecular flexibility index (Phi) is 2.89. The lowest BCUT2D eigenvalue weighted by atomic mass is 9.93. The Morgan fingerprint density at radius 2 is 2.14 bits per heavy atom. The van der Waals surface area contributed by atoms with E-state index in [2.05, 4.69) is 11.1 Å². The number of benzene rings is 1. The van der Waals surface area contributed by atoms with Crippen molar-refractivity contribution in [1.82, 2.24) is 4.98 Å². The minimum absolute atomic E-state index is 0.161. The molecule has 0 aliphatic heterocycles. The monoisotopic (exact) mass is 293 g/mol. The highest BCUT2D eigenvalue weighted by atomic mass is 19.1. The van der Waals surface area contributed by atoms with Gasteiger partial charge < -0.3 is 4.42 Å². The molecule has 3 aromatic rings. The molecule has 0 fully saturated rings. The fourth-order valence-corrected chi connectivity index (χ4v) is 2.89. The van der Waals surface area contributed by atoms with E-state index in [4.69, 9.17) is 4.42 Å². The quantitative estimate of drug-likeness (QED) is 0.682. The molecule has 1 aromatic carbocycles. The summed E-state index contributed by atoms with van der Waals surface area (Å²) in [6, 6.07) is 6.25. The van der Waals surface area contributed by atoms with Gasteiger partial charge in [0.2, 0.25) is 5.43 Å². The van der Waals surface area contributed by atoms with Crippen molar-refractivity contribution in [3.05, 3.63) is 70.0 Å². The van der Waals surface area contributed by atoms with Crippen LogP contribution in [0.25, 0.3) is 28.3 Å². The predicted octanol–water partition coefficient (Wildman–Crippen LogP) is 3.95. The summed E-state index contributed by atoms with van der Waals surface area (Å²) in [5.74, 6) is -0.428. The summed E-state index contributed by atoms with van der Waals surface area (Å²) in [6.07, 6.45) is 8.51. The summed E-state index contributed by atoms with van der Waals surface area (Å²) in [7, 11) is 0. The zero-order valence-electron chi connectivity index (χ0n) is 11.7. The Bertz CT molecular complexity index is 972. The van der Waals surface area contributed by atoms with Gasteiger partial charge in [-0.05, 0) is 36.1 Å². The van der Waals surface area contributed by atoms with Crippen LogP contribution in [-0.4, -0.2) is 4.98 Å². The van der Waals surface area contributed by atoms with E-state index >= 15 is 0 Å². The first-order valence-corrected chi connectivity index (χ1v) is 7.10. The largest absolute Gasteiger partial charge is 0.463 e. The molecule has 0 bridgehead atoms. The van der Waals surface area contributed by atoms with Gasteiger partial charge >= 0.3 is 0 Å². The molecule has 0 amide bonds. The molecule has 1 aliphatic carbocycles. The van der Waals surface area contributed by atoms with E-state index in [1.165, 1.54) is 24.6 Å². The van der Waals surface area contributed by atoms with Crippen molar-refractivity contribution >= 4 is 17.0 Å². The summed E-state index contributed by atoms with van der Waals surface area (Å²) < 4.78 is 19.0. The summed E-state index contributed by atoms with van der Waals surface area (Å²) >= 11 is 0. The van der Waals surface area contributed by atoms with Gasteiger partial charge in [0.15, 0.2) is 0 Å². The zero-order valence-corrected chi connectivity index (χ0v) is 11.7. The maximum atomic E-state index is 13.4. The van der Waals surface area contributed by atoms with Gasteiger partial charge in [0.25, 0.3) is 0 Å². The number of halogens is 1. The molecule has 4 rings (SSSR count). The summed E-state index contributed by atoms with van der Waals surface area (Å²) in [4.78, 5) is 16.9. The van der Waals surface area contributed by atoms with E-state index in [0.29, 0.717) is 16.7 Å². The molecule has 0 spiro atoms. The average molecular weight is 293 g/mol. The standard InChI is InChI=1S/C18H12FNO2/c19-12-7-8-20-15(9-12)14-10-22-16-6-5-11-3-1-2-4-13(11)17(16)18(14)21/h1,3,5-10H,2,4H2. The van der Waals surface area contributed by atoms with Crippen molar-refractivity contribution in [2.45, 2.75) is 12.8 Å². The zero-order chi connectivity index (χ0) is 15.1. The van der Waals surface area contributed by atoms with Crippen LogP contribution in [0, 0.1) is 5.82 Å². The number of hydrogen-bond donors (Lipinski definition) is 0. The van der Waals surface area contributed by atoms with Crippen molar-refractivity contribution in [2.24, 2.45) is 0 Å². The van der Waals surface area contributed by atoms with Crippen LogP contribution in [0.3, 0.4) is 0 Å². The van der Waals surface area contributed by atoms with Crippen LogP contribution >= 0.6 is 0 Å². The summed E-state index contributed by atoms with van der Waals surface area (Å²) in [5.41, 5.74) is 3.00. The number of hydrogen-bond acceptors (Lipinski definition) is 3. The molecule has 0 unspecified atom stereocenters. The smallest absolute Gasteiger partial charge is 0.202 e. The topological polar surface area (TPSA) is 43.1 Å². The molecule has 0 radical (unpaired) electrons. The van der Waals surface area contributed by atoms with Crippen LogP contribution in [0.1, 0.15) is 17.5 Å². The highest BCUT2D eigenvalue weighted by Crippen LogP contribution is 2.27. The minimum atomic E-state index is -0.428. The first kappa shape index (κ1) is 13.0. The second kappa shape index (κ2) is 4.91. The molecule has 0 N–H and O–H groups in total. The van der Waals surface area contributed by atoms with Crippen molar-refractivity contribution < 1.29 is 8.81 Å². The van der Waals surface area contributed by atoms with Gasteiger partial charge in [0.1, 0.15) is 17.7 Å². The van der Waals surface area contributed by atoms with Crippen molar-refractivity contribution in [1.29, 1.82) is 0 Å². The maximum absolute atomic E-state index is 13.4. The maximum Gasteiger partial charge on any atom is 0.202 e. The second-order valence-corrected chi connectivity index (χ2v) is 5.29. The molecule has 3 nitrogen and oxygen atoms in total. The Morgan fingerprint density at radius 3 is 3.00 bits per heavy atom. The lowest BCUT2D eigenvalue weighted by Gasteiger charge is -2.13. The Balaban J connectivity index is 2.05. The van der Waals surface area contributed by atoms with Crippen LogP contribution in [0.4, 0.5) is 4.39 Å². The molecule has 4 heteroatoms. The molecule has 0 atom stereocenters. The highest BCUT2D eigenvalue weighted by Gasteiger charge is 2.16. The molecule has 1 aliphatic rings. The third kappa shape index (κ3) is 1.96. The molecule has 0 saturated carbocycles. The van der Waals surface area contributed by atoms with Gasteiger partial charge in [-0.25, -0.2) is 4.39 Å². The van der Waals surface area contributed by atoms with E-state index in [1.807, 2.05) is 12.1 Å². The third-order valence-corrected chi connectivity index (χ3v) is 3.94. The average Bonchev–Trinajstić information content (AvgIpc) is 2.55. The van der Waals surface area contributed by atoms with Gasteiger partial charge in [-0.2, -0.15) is 0 Å². The number of rotatable bonds is 1. The predicted molar refractivity (Wildman–Crippen MR) is 83.0 cm³/mol. The number of fused-ring (bicyclic) bond motifs is 3. The van der Waals surface area contributed by atoms with Gasteiger partial charge in [-0.3, -0.25) is 9.78 Å². The Morgan fingerprint density at radius 1 is 1.23 bits per heavy atom. The normalized spacial score (nSPS) is 13.3. The van der Waals surface area contributed by atoms with E-state index in [1.54, 1.807) is 6.07 Å². The molecule has 2 aromatic heterocycles. The number of aromatic nitrogens is 1. The lowest BCUT2D eigenvalue weighted by molar-refractivity contribution is 0.603. The number of aryl methyl sites for hydroxylation is 1. The Labute approximate surface area is 125 Å². The molecule has 22 heavy (non-hydrogen) atoms. The molecular weight excluding hydrogens is 281 g/mol. The number of nitrogens with zero attached hydrogens (tertiary/aromatic N) is 1. The van der Waals surface area contributed by atoms with Crippen molar-refractivity contribution in [2.75, 3.05) is 0 Å². The third-order valence-electron chi connectivity index (χ3n) is 3.94. The van der Waals surface area contributed by atoms with Crippen LogP contribution in [0.15, 0.2) is 52.0 Å². The van der Waals surface area contributed by atoms with Gasteiger partial charge in [-0.15, -0.1) is 0 Å². The van der Waals surface area contributed by atoms with Crippen LogP contribution in [0.2, 0.25) is 0 Å². The number of pyridine rings is 1. The summed E-state index contributed by atoms with van der Waals surface area (Å²) in [5, 5.41) is 0.574.